The summed E-state index contributed by atoms with van der Waals surface area (Å²) in [6.45, 7) is 6.20. The number of nitrogens with one attached hydrogen (secondary N) is 2. The molecule has 1 aromatic carbocycles. The molecule has 2 rings (SSSR count). The van der Waals surface area contributed by atoms with Gasteiger partial charge in [0.2, 0.25) is 0 Å². The highest BCUT2D eigenvalue weighted by atomic mass is 15.2. The Morgan fingerprint density at radius 2 is 2.20 bits per heavy atom. The molecule has 0 aliphatic heterocycles. The van der Waals surface area contributed by atoms with Crippen LogP contribution >= 0.6 is 0 Å². The minimum absolute atomic E-state index is 0.681. The van der Waals surface area contributed by atoms with Crippen LogP contribution in [-0.4, -0.2) is 11.5 Å². The number of nitrogens with two attached hydrogens (primary N) is 1. The van der Waals surface area contributed by atoms with Crippen molar-refractivity contribution in [2.75, 3.05) is 6.54 Å². The lowest BCUT2D eigenvalue weighted by atomic mass is 10.2. The van der Waals surface area contributed by atoms with Gasteiger partial charge in [-0.05, 0) is 18.6 Å². The predicted octanol–water partition coefficient (Wildman–Crippen LogP) is 2.11. The molecule has 1 heterocycles. The lowest BCUT2D eigenvalue weighted by Crippen LogP contribution is -2.20. The number of aryl methyl sites for hydroxylation is 1. The number of benzene rings is 1. The number of fused-ring (bicyclic) bond motifs is 1. The molecule has 0 bridgehead atoms. The third-order valence-electron chi connectivity index (χ3n) is 2.06. The highest BCUT2D eigenvalue weighted by Crippen LogP contribution is 2.15. The molecule has 0 unspecified atom stereocenters. The van der Waals surface area contributed by atoms with Crippen molar-refractivity contribution < 1.29 is 0 Å². The molecular formula is C12H17N3. The Hall–Kier alpha value is -1.58. The monoisotopic (exact) mass is 203 g/mol. The van der Waals surface area contributed by atoms with E-state index >= 15 is 0 Å². The molecule has 0 amide bonds. The maximum atomic E-state index is 4.82. The summed E-state index contributed by atoms with van der Waals surface area (Å²) in [4.78, 5) is 3.19. The molecule has 3 heteroatoms. The fourth-order valence-electron chi connectivity index (χ4n) is 1.30. The zero-order valence-corrected chi connectivity index (χ0v) is 8.96. The molecule has 0 aliphatic rings. The summed E-state index contributed by atoms with van der Waals surface area (Å²) in [5, 5.41) is 1.32. The molecular weight excluding hydrogens is 186 g/mol. The van der Waals surface area contributed by atoms with Crippen LogP contribution < -0.4 is 11.3 Å². The van der Waals surface area contributed by atoms with E-state index in [-0.39, 0.29) is 0 Å². The van der Waals surface area contributed by atoms with Crippen LogP contribution in [0.5, 0.6) is 0 Å². The molecule has 0 saturated carbocycles. The fourth-order valence-corrected chi connectivity index (χ4v) is 1.30. The van der Waals surface area contributed by atoms with Gasteiger partial charge in [-0.3, -0.25) is 11.3 Å². The fraction of sp³-hybridized carbons (Fsp3) is 0.167. The first-order valence-corrected chi connectivity index (χ1v) is 4.86. The van der Waals surface area contributed by atoms with Crippen molar-refractivity contribution in [3.05, 3.63) is 48.7 Å². The van der Waals surface area contributed by atoms with Crippen LogP contribution in [0.4, 0.5) is 0 Å². The second-order valence-corrected chi connectivity index (χ2v) is 3.21. The van der Waals surface area contributed by atoms with Crippen LogP contribution in [0.1, 0.15) is 5.56 Å². The Labute approximate surface area is 90.0 Å². The Morgan fingerprint density at radius 1 is 1.47 bits per heavy atom. The zero-order chi connectivity index (χ0) is 11.1. The van der Waals surface area contributed by atoms with Gasteiger partial charge < -0.3 is 4.98 Å². The number of aromatic amines is 1. The first kappa shape index (κ1) is 11.5. The van der Waals surface area contributed by atoms with Crippen molar-refractivity contribution >= 4 is 10.9 Å². The first-order chi connectivity index (χ1) is 7.29. The van der Waals surface area contributed by atoms with Gasteiger partial charge in [-0.25, -0.2) is 0 Å². The highest BCUT2D eigenvalue weighted by Gasteiger charge is 1.94. The third-order valence-corrected chi connectivity index (χ3v) is 2.06. The molecule has 0 aliphatic carbocycles. The van der Waals surface area contributed by atoms with E-state index in [1.54, 1.807) is 6.08 Å². The Kier molecular flexibility index (Phi) is 4.60. The van der Waals surface area contributed by atoms with E-state index in [0.717, 1.165) is 0 Å². The van der Waals surface area contributed by atoms with Crippen LogP contribution in [0, 0.1) is 6.92 Å². The van der Waals surface area contributed by atoms with Gasteiger partial charge in [0.1, 0.15) is 0 Å². The number of para-hydroxylation sites is 1. The van der Waals surface area contributed by atoms with Gasteiger partial charge in [-0.1, -0.05) is 24.3 Å². The van der Waals surface area contributed by atoms with Crippen LogP contribution in [0.3, 0.4) is 0 Å². The molecule has 4 N–H and O–H groups in total. The number of H-pyrrole nitrogens is 1. The molecule has 3 nitrogen and oxygen atoms in total. The summed E-state index contributed by atoms with van der Waals surface area (Å²) < 4.78 is 0. The quantitative estimate of drug-likeness (QED) is 0.398. The van der Waals surface area contributed by atoms with E-state index in [1.165, 1.54) is 16.5 Å². The topological polar surface area (TPSA) is 53.8 Å². The van der Waals surface area contributed by atoms with Gasteiger partial charge in [-0.2, -0.15) is 0 Å². The van der Waals surface area contributed by atoms with Crippen molar-refractivity contribution in [3.63, 3.8) is 0 Å². The van der Waals surface area contributed by atoms with Crippen LogP contribution in [-0.2, 0) is 0 Å². The molecule has 15 heavy (non-hydrogen) atoms. The molecule has 2 aromatic rings. The minimum atomic E-state index is 0.681. The van der Waals surface area contributed by atoms with Gasteiger partial charge in [0, 0.05) is 23.6 Å². The number of aromatic nitrogens is 1. The van der Waals surface area contributed by atoms with Crippen molar-refractivity contribution in [3.8, 4) is 0 Å². The lowest BCUT2D eigenvalue weighted by Gasteiger charge is -1.86. The number of hydrogen-bond donors (Lipinski definition) is 3. The van der Waals surface area contributed by atoms with E-state index in [1.807, 2.05) is 12.3 Å². The van der Waals surface area contributed by atoms with Gasteiger partial charge in [0.15, 0.2) is 0 Å². The number of rotatable bonds is 2. The Morgan fingerprint density at radius 3 is 2.73 bits per heavy atom. The smallest absolute Gasteiger partial charge is 0.0456 e. The molecule has 0 saturated heterocycles. The molecule has 1 aromatic heterocycles. The maximum Gasteiger partial charge on any atom is 0.0456 e. The standard InChI is InChI=1S/C9H9N.C3H8N2/c1-7-6-10-9-5-3-2-4-8(7)9;1-2-3-5-4/h2-6,10H,1H3;2,5H,1,3-4H2. The predicted molar refractivity (Wildman–Crippen MR) is 65.4 cm³/mol. The summed E-state index contributed by atoms with van der Waals surface area (Å²) in [6, 6.07) is 8.31. The first-order valence-electron chi connectivity index (χ1n) is 4.86. The SMILES string of the molecule is C=CCNN.Cc1c[nH]c2ccccc12. The van der Waals surface area contributed by atoms with E-state index < -0.39 is 0 Å². The van der Waals surface area contributed by atoms with Crippen LogP contribution in [0.2, 0.25) is 0 Å². The van der Waals surface area contributed by atoms with Crippen LogP contribution in [0.15, 0.2) is 43.1 Å². The molecule has 0 spiro atoms. The summed E-state index contributed by atoms with van der Waals surface area (Å²) >= 11 is 0. The molecule has 80 valence electrons. The summed E-state index contributed by atoms with van der Waals surface area (Å²) in [6.07, 6.45) is 3.73. The van der Waals surface area contributed by atoms with Crippen molar-refractivity contribution in [1.82, 2.24) is 10.4 Å². The molecule has 0 radical (unpaired) electrons. The van der Waals surface area contributed by atoms with Crippen molar-refractivity contribution in [2.24, 2.45) is 5.84 Å². The highest BCUT2D eigenvalue weighted by molar-refractivity contribution is 5.82. The Balaban J connectivity index is 0.000000195. The second kappa shape index (κ2) is 6.01. The average molecular weight is 203 g/mol. The van der Waals surface area contributed by atoms with E-state index in [0.29, 0.717) is 6.54 Å². The minimum Gasteiger partial charge on any atom is -0.361 e. The van der Waals surface area contributed by atoms with E-state index in [2.05, 4.69) is 42.1 Å². The van der Waals surface area contributed by atoms with Crippen LogP contribution in [0.25, 0.3) is 10.9 Å². The number of hydrazine groups is 1. The Bertz CT molecular complexity index is 417. The average Bonchev–Trinajstić information content (AvgIpc) is 2.64. The van der Waals surface area contributed by atoms with Crippen molar-refractivity contribution in [2.45, 2.75) is 6.92 Å². The maximum absolute atomic E-state index is 4.82. The lowest BCUT2D eigenvalue weighted by molar-refractivity contribution is 0.824. The summed E-state index contributed by atoms with van der Waals surface area (Å²) in [5.41, 5.74) is 4.94. The van der Waals surface area contributed by atoms with Crippen molar-refractivity contribution in [1.29, 1.82) is 0 Å². The van der Waals surface area contributed by atoms with Gasteiger partial charge in [0.05, 0.1) is 0 Å². The van der Waals surface area contributed by atoms with E-state index in [4.69, 9.17) is 5.84 Å². The zero-order valence-electron chi connectivity index (χ0n) is 8.96. The largest absolute Gasteiger partial charge is 0.361 e. The van der Waals surface area contributed by atoms with Gasteiger partial charge >= 0.3 is 0 Å². The third kappa shape index (κ3) is 3.23. The van der Waals surface area contributed by atoms with Gasteiger partial charge in [-0.15, -0.1) is 6.58 Å². The van der Waals surface area contributed by atoms with E-state index in [9.17, 15) is 0 Å². The molecule has 0 atom stereocenters. The number of hydrogen-bond acceptors (Lipinski definition) is 2. The normalized spacial score (nSPS) is 9.47. The second-order valence-electron chi connectivity index (χ2n) is 3.21. The summed E-state index contributed by atoms with van der Waals surface area (Å²) in [5.74, 6) is 4.82. The summed E-state index contributed by atoms with van der Waals surface area (Å²) in [7, 11) is 0. The molecule has 0 fully saturated rings. The van der Waals surface area contributed by atoms with Gasteiger partial charge in [0.25, 0.3) is 0 Å².